The zero-order valence-corrected chi connectivity index (χ0v) is 18.2. The fourth-order valence-corrected chi connectivity index (χ4v) is 2.94. The summed E-state index contributed by atoms with van der Waals surface area (Å²) in [5, 5.41) is 2.71. The first-order chi connectivity index (χ1) is 14.4. The number of ether oxygens (including phenoxy) is 4. The highest BCUT2D eigenvalue weighted by Crippen LogP contribution is 2.31. The SMILES string of the molecule is COc1cccc(C(=O)OCC(=O)NCCCOc2cc(C)cc(C)c2C)c1OC. The number of esters is 1. The molecule has 0 aliphatic rings. The second-order valence-corrected chi connectivity index (χ2v) is 6.87. The van der Waals surface area contributed by atoms with E-state index in [-0.39, 0.29) is 23.8 Å². The summed E-state index contributed by atoms with van der Waals surface area (Å²) >= 11 is 0. The Balaban J connectivity index is 1.74. The lowest BCUT2D eigenvalue weighted by atomic mass is 10.1. The van der Waals surface area contributed by atoms with Crippen molar-refractivity contribution >= 4 is 11.9 Å². The van der Waals surface area contributed by atoms with Crippen LogP contribution in [0.2, 0.25) is 0 Å². The number of para-hydroxylation sites is 1. The van der Waals surface area contributed by atoms with Crippen LogP contribution in [0.15, 0.2) is 30.3 Å². The van der Waals surface area contributed by atoms with Gasteiger partial charge in [0.15, 0.2) is 18.1 Å². The van der Waals surface area contributed by atoms with Crippen molar-refractivity contribution in [2.24, 2.45) is 0 Å². The highest BCUT2D eigenvalue weighted by Gasteiger charge is 2.18. The van der Waals surface area contributed by atoms with E-state index in [4.69, 9.17) is 18.9 Å². The Labute approximate surface area is 177 Å². The van der Waals surface area contributed by atoms with E-state index in [1.807, 2.05) is 19.9 Å². The van der Waals surface area contributed by atoms with Crippen LogP contribution in [0, 0.1) is 20.8 Å². The second-order valence-electron chi connectivity index (χ2n) is 6.87. The number of carbonyl (C=O) groups is 2. The Morgan fingerprint density at radius 3 is 2.47 bits per heavy atom. The average molecular weight is 415 g/mol. The highest BCUT2D eigenvalue weighted by atomic mass is 16.5. The van der Waals surface area contributed by atoms with Crippen LogP contribution in [0.4, 0.5) is 0 Å². The molecule has 7 heteroatoms. The number of rotatable bonds is 10. The Morgan fingerprint density at radius 2 is 1.77 bits per heavy atom. The predicted octanol–water partition coefficient (Wildman–Crippen LogP) is 3.37. The number of aryl methyl sites for hydroxylation is 2. The van der Waals surface area contributed by atoms with E-state index in [9.17, 15) is 9.59 Å². The van der Waals surface area contributed by atoms with Gasteiger partial charge in [-0.3, -0.25) is 4.79 Å². The third-order valence-corrected chi connectivity index (χ3v) is 4.62. The zero-order valence-electron chi connectivity index (χ0n) is 18.2. The molecule has 162 valence electrons. The minimum Gasteiger partial charge on any atom is -0.493 e. The maximum Gasteiger partial charge on any atom is 0.342 e. The van der Waals surface area contributed by atoms with E-state index in [1.165, 1.54) is 19.8 Å². The van der Waals surface area contributed by atoms with E-state index in [1.54, 1.807) is 18.2 Å². The van der Waals surface area contributed by atoms with Gasteiger partial charge in [-0.05, 0) is 62.1 Å². The summed E-state index contributed by atoms with van der Waals surface area (Å²) < 4.78 is 21.3. The molecule has 0 aromatic heterocycles. The van der Waals surface area contributed by atoms with Gasteiger partial charge in [-0.25, -0.2) is 4.79 Å². The molecule has 0 saturated heterocycles. The Kier molecular flexibility index (Phi) is 8.53. The van der Waals surface area contributed by atoms with Crippen molar-refractivity contribution in [1.82, 2.24) is 5.32 Å². The summed E-state index contributed by atoms with van der Waals surface area (Å²) in [6.07, 6.45) is 0.635. The molecule has 1 N–H and O–H groups in total. The Morgan fingerprint density at radius 1 is 1.00 bits per heavy atom. The van der Waals surface area contributed by atoms with Crippen molar-refractivity contribution in [2.45, 2.75) is 27.2 Å². The quantitative estimate of drug-likeness (QED) is 0.473. The molecule has 0 fully saturated rings. The van der Waals surface area contributed by atoms with Gasteiger partial charge in [-0.1, -0.05) is 12.1 Å². The van der Waals surface area contributed by atoms with Crippen LogP contribution in [0.5, 0.6) is 17.2 Å². The molecule has 0 heterocycles. The van der Waals surface area contributed by atoms with Crippen LogP contribution in [0.25, 0.3) is 0 Å². The molecule has 2 rings (SSSR count). The van der Waals surface area contributed by atoms with E-state index >= 15 is 0 Å². The third-order valence-electron chi connectivity index (χ3n) is 4.62. The molecule has 0 saturated carbocycles. The third kappa shape index (κ3) is 6.14. The van der Waals surface area contributed by atoms with Crippen LogP contribution < -0.4 is 19.5 Å². The van der Waals surface area contributed by atoms with Crippen LogP contribution >= 0.6 is 0 Å². The summed E-state index contributed by atoms with van der Waals surface area (Å²) in [6.45, 7) is 6.63. The van der Waals surface area contributed by atoms with Gasteiger partial charge in [-0.15, -0.1) is 0 Å². The zero-order chi connectivity index (χ0) is 22.1. The van der Waals surface area contributed by atoms with Gasteiger partial charge >= 0.3 is 5.97 Å². The van der Waals surface area contributed by atoms with Gasteiger partial charge in [0.2, 0.25) is 0 Å². The lowest BCUT2D eigenvalue weighted by Gasteiger charge is -2.13. The molecule has 30 heavy (non-hydrogen) atoms. The fourth-order valence-electron chi connectivity index (χ4n) is 2.94. The summed E-state index contributed by atoms with van der Waals surface area (Å²) in [7, 11) is 2.91. The number of hydrogen-bond donors (Lipinski definition) is 1. The molecular weight excluding hydrogens is 386 g/mol. The first kappa shape index (κ1) is 23.1. The molecule has 0 spiro atoms. The summed E-state index contributed by atoms with van der Waals surface area (Å²) in [5.74, 6) is 0.502. The van der Waals surface area contributed by atoms with Gasteiger partial charge in [0, 0.05) is 6.54 Å². The average Bonchev–Trinajstić information content (AvgIpc) is 2.74. The number of benzene rings is 2. The van der Waals surface area contributed by atoms with Crippen LogP contribution in [-0.2, 0) is 9.53 Å². The van der Waals surface area contributed by atoms with Crippen molar-refractivity contribution < 1.29 is 28.5 Å². The monoisotopic (exact) mass is 415 g/mol. The summed E-state index contributed by atoms with van der Waals surface area (Å²) in [5.41, 5.74) is 3.65. The normalized spacial score (nSPS) is 10.3. The largest absolute Gasteiger partial charge is 0.493 e. The van der Waals surface area contributed by atoms with Gasteiger partial charge < -0.3 is 24.3 Å². The maximum absolute atomic E-state index is 12.3. The van der Waals surface area contributed by atoms with Crippen molar-refractivity contribution in [1.29, 1.82) is 0 Å². The fraction of sp³-hybridized carbons (Fsp3) is 0.391. The minimum atomic E-state index is -0.658. The number of nitrogens with one attached hydrogen (secondary N) is 1. The molecule has 0 atom stereocenters. The van der Waals surface area contributed by atoms with E-state index in [0.29, 0.717) is 25.3 Å². The Bertz CT molecular complexity index is 894. The maximum atomic E-state index is 12.3. The van der Waals surface area contributed by atoms with Crippen molar-refractivity contribution in [3.63, 3.8) is 0 Å². The van der Waals surface area contributed by atoms with E-state index in [2.05, 4.69) is 18.3 Å². The standard InChI is InChI=1S/C23H29NO6/c1-15-12-16(2)17(3)20(13-15)29-11-7-10-24-21(25)14-30-23(26)18-8-6-9-19(27-4)22(18)28-5/h6,8-9,12-13H,7,10-11,14H2,1-5H3,(H,24,25). The topological polar surface area (TPSA) is 83.1 Å². The molecule has 2 aromatic carbocycles. The molecule has 7 nitrogen and oxygen atoms in total. The lowest BCUT2D eigenvalue weighted by Crippen LogP contribution is -2.30. The lowest BCUT2D eigenvalue weighted by molar-refractivity contribution is -0.124. The van der Waals surface area contributed by atoms with Gasteiger partial charge in [-0.2, -0.15) is 0 Å². The minimum absolute atomic E-state index is 0.196. The smallest absolute Gasteiger partial charge is 0.342 e. The van der Waals surface area contributed by atoms with Gasteiger partial charge in [0.05, 0.1) is 20.8 Å². The summed E-state index contributed by atoms with van der Waals surface area (Å²) in [4.78, 5) is 24.2. The van der Waals surface area contributed by atoms with E-state index < -0.39 is 5.97 Å². The van der Waals surface area contributed by atoms with Crippen LogP contribution in [-0.4, -0.2) is 45.9 Å². The van der Waals surface area contributed by atoms with Gasteiger partial charge in [0.1, 0.15) is 11.3 Å². The van der Waals surface area contributed by atoms with Gasteiger partial charge in [0.25, 0.3) is 5.91 Å². The predicted molar refractivity (Wildman–Crippen MR) is 114 cm³/mol. The first-order valence-electron chi connectivity index (χ1n) is 9.72. The molecule has 0 aliphatic carbocycles. The van der Waals surface area contributed by atoms with Crippen molar-refractivity contribution in [2.75, 3.05) is 34.0 Å². The number of hydrogen-bond acceptors (Lipinski definition) is 6. The second kappa shape index (κ2) is 11.1. The van der Waals surface area contributed by atoms with Crippen molar-refractivity contribution in [3.05, 3.63) is 52.6 Å². The molecule has 2 aromatic rings. The van der Waals surface area contributed by atoms with Crippen LogP contribution in [0.3, 0.4) is 0 Å². The van der Waals surface area contributed by atoms with E-state index in [0.717, 1.165) is 16.9 Å². The number of methoxy groups -OCH3 is 2. The molecule has 1 amide bonds. The molecular formula is C23H29NO6. The number of amides is 1. The number of carbonyl (C=O) groups excluding carboxylic acids is 2. The highest BCUT2D eigenvalue weighted by molar-refractivity contribution is 5.94. The Hall–Kier alpha value is -3.22. The molecule has 0 bridgehead atoms. The van der Waals surface area contributed by atoms with Crippen molar-refractivity contribution in [3.8, 4) is 17.2 Å². The summed E-state index contributed by atoms with van der Waals surface area (Å²) in [6, 6.07) is 8.99. The molecule has 0 aliphatic heterocycles. The first-order valence-corrected chi connectivity index (χ1v) is 9.72. The van der Waals surface area contributed by atoms with Crippen LogP contribution in [0.1, 0.15) is 33.5 Å². The molecule has 0 unspecified atom stereocenters. The molecule has 0 radical (unpaired) electrons.